The van der Waals surface area contributed by atoms with E-state index in [2.05, 4.69) is 21.1 Å². The molecule has 0 spiro atoms. The quantitative estimate of drug-likeness (QED) is 0.259. The molecule has 4 rings (SSSR count). The Bertz CT molecular complexity index is 1510. The number of benzene rings is 3. The maximum absolute atomic E-state index is 13.1. The number of carbonyl (C=O) groups is 1. The summed E-state index contributed by atoms with van der Waals surface area (Å²) in [6.07, 6.45) is 1.76. The van der Waals surface area contributed by atoms with Crippen molar-refractivity contribution in [3.05, 3.63) is 113 Å². The number of hydrogen-bond donors (Lipinski definition) is 3. The molecule has 8 heteroatoms. The van der Waals surface area contributed by atoms with Crippen LogP contribution < -0.4 is 10.0 Å². The summed E-state index contributed by atoms with van der Waals surface area (Å²) in [6, 6.07) is 23.6. The molecule has 0 aliphatic rings. The van der Waals surface area contributed by atoms with Crippen LogP contribution in [-0.2, 0) is 27.8 Å². The zero-order chi connectivity index (χ0) is 27.3. The van der Waals surface area contributed by atoms with Crippen LogP contribution in [0.15, 0.2) is 90.0 Å². The van der Waals surface area contributed by atoms with Crippen molar-refractivity contribution < 1.29 is 18.3 Å². The molecule has 3 N–H and O–H groups in total. The fraction of sp³-hybridized carbons (Fsp3) is 0.200. The van der Waals surface area contributed by atoms with Gasteiger partial charge in [-0.3, -0.25) is 4.79 Å². The molecule has 1 aromatic heterocycles. The predicted octanol–water partition coefficient (Wildman–Crippen LogP) is 5.26. The second-order valence-electron chi connectivity index (χ2n) is 9.41. The lowest BCUT2D eigenvalue weighted by molar-refractivity contribution is -0.138. The van der Waals surface area contributed by atoms with Crippen molar-refractivity contribution in [2.75, 3.05) is 5.32 Å². The van der Waals surface area contributed by atoms with Gasteiger partial charge in [0.05, 0.1) is 4.90 Å². The van der Waals surface area contributed by atoms with Crippen LogP contribution in [0.5, 0.6) is 0 Å². The van der Waals surface area contributed by atoms with Gasteiger partial charge in [0.25, 0.3) is 0 Å². The summed E-state index contributed by atoms with van der Waals surface area (Å²) < 4.78 is 28.6. The zero-order valence-electron chi connectivity index (χ0n) is 21.6. The molecular formula is C30H31N3O4S. The smallest absolute Gasteiger partial charge is 0.322 e. The van der Waals surface area contributed by atoms with Crippen LogP contribution in [0, 0.1) is 20.8 Å². The Morgan fingerprint density at radius 1 is 0.868 bits per heavy atom. The van der Waals surface area contributed by atoms with Crippen LogP contribution in [0.4, 0.5) is 5.82 Å². The van der Waals surface area contributed by atoms with Gasteiger partial charge in [-0.25, -0.2) is 13.4 Å². The normalized spacial score (nSPS) is 12.2. The minimum atomic E-state index is -4.03. The molecule has 0 amide bonds. The van der Waals surface area contributed by atoms with E-state index in [0.29, 0.717) is 23.2 Å². The molecule has 0 saturated heterocycles. The first-order chi connectivity index (χ1) is 18.1. The van der Waals surface area contributed by atoms with Crippen LogP contribution >= 0.6 is 0 Å². The fourth-order valence-electron chi connectivity index (χ4n) is 4.61. The lowest BCUT2D eigenvalue weighted by Gasteiger charge is -2.18. The molecule has 3 aromatic carbocycles. The van der Waals surface area contributed by atoms with E-state index in [1.165, 1.54) is 0 Å². The van der Waals surface area contributed by atoms with Gasteiger partial charge in [0.1, 0.15) is 11.9 Å². The Morgan fingerprint density at radius 2 is 1.58 bits per heavy atom. The number of aryl methyl sites for hydroxylation is 3. The van der Waals surface area contributed by atoms with E-state index in [9.17, 15) is 18.3 Å². The summed E-state index contributed by atoms with van der Waals surface area (Å²) in [5.74, 6) is -0.424. The maximum atomic E-state index is 13.1. The number of nitrogens with zero attached hydrogens (tertiary/aromatic N) is 1. The predicted molar refractivity (Wildman–Crippen MR) is 150 cm³/mol. The molecule has 0 radical (unpaired) electrons. The number of pyridine rings is 1. The van der Waals surface area contributed by atoms with Gasteiger partial charge >= 0.3 is 5.97 Å². The van der Waals surface area contributed by atoms with Gasteiger partial charge in [-0.2, -0.15) is 4.72 Å². The number of hydrogen-bond acceptors (Lipinski definition) is 5. The first-order valence-corrected chi connectivity index (χ1v) is 13.8. The Morgan fingerprint density at radius 3 is 2.21 bits per heavy atom. The number of carboxylic acids is 1. The van der Waals surface area contributed by atoms with Crippen molar-refractivity contribution in [1.82, 2.24) is 9.71 Å². The third kappa shape index (κ3) is 6.65. The van der Waals surface area contributed by atoms with E-state index in [-0.39, 0.29) is 11.3 Å². The summed E-state index contributed by atoms with van der Waals surface area (Å²) in [7, 11) is -4.03. The topological polar surface area (TPSA) is 108 Å². The van der Waals surface area contributed by atoms with Crippen molar-refractivity contribution in [2.24, 2.45) is 0 Å². The average molecular weight is 530 g/mol. The van der Waals surface area contributed by atoms with E-state index in [4.69, 9.17) is 0 Å². The second kappa shape index (κ2) is 11.6. The van der Waals surface area contributed by atoms with E-state index in [1.54, 1.807) is 32.2 Å². The van der Waals surface area contributed by atoms with Gasteiger partial charge in [0.15, 0.2) is 0 Å². The molecule has 0 aliphatic carbocycles. The number of sulfonamides is 1. The standard InChI is InChI=1S/C30H31N3O4S/c1-20-15-21(2)29(22(3)16-20)38(36,37)33-27(30(34)35)18-23-10-12-25(13-11-23)26-8-6-7-24(17-26)19-32-28-9-4-5-14-31-28/h4-17,27,33H,18-19H2,1-3H3,(H,31,32)(H,34,35). The van der Waals surface area contributed by atoms with Crippen LogP contribution in [0.25, 0.3) is 11.1 Å². The van der Waals surface area contributed by atoms with Gasteiger partial charge in [-0.1, -0.05) is 66.2 Å². The number of nitrogens with one attached hydrogen (secondary N) is 2. The first kappa shape index (κ1) is 27.0. The number of rotatable bonds is 10. The number of anilines is 1. The molecular weight excluding hydrogens is 498 g/mol. The van der Waals surface area contributed by atoms with Crippen molar-refractivity contribution >= 4 is 21.8 Å². The van der Waals surface area contributed by atoms with Crippen LogP contribution in [-0.4, -0.2) is 30.5 Å². The molecule has 0 bridgehead atoms. The van der Waals surface area contributed by atoms with E-state index in [1.807, 2.05) is 67.6 Å². The fourth-order valence-corrected chi connectivity index (χ4v) is 6.25. The highest BCUT2D eigenvalue weighted by Crippen LogP contribution is 2.24. The summed E-state index contributed by atoms with van der Waals surface area (Å²) >= 11 is 0. The minimum absolute atomic E-state index is 0.0207. The molecule has 7 nitrogen and oxygen atoms in total. The Kier molecular flexibility index (Phi) is 8.24. The van der Waals surface area contributed by atoms with E-state index < -0.39 is 22.0 Å². The summed E-state index contributed by atoms with van der Waals surface area (Å²) in [6.45, 7) is 5.95. The zero-order valence-corrected chi connectivity index (χ0v) is 22.4. The Hall–Kier alpha value is -4.01. The minimum Gasteiger partial charge on any atom is -0.480 e. The highest BCUT2D eigenvalue weighted by atomic mass is 32.2. The molecule has 1 atom stereocenters. The highest BCUT2D eigenvalue weighted by molar-refractivity contribution is 7.89. The second-order valence-corrected chi connectivity index (χ2v) is 11.1. The SMILES string of the molecule is Cc1cc(C)c(S(=O)(=O)NC(Cc2ccc(-c3cccc(CNc4ccccn4)c3)cc2)C(=O)O)c(C)c1. The third-order valence-corrected chi connectivity index (χ3v) is 8.04. The first-order valence-electron chi connectivity index (χ1n) is 12.3. The lowest BCUT2D eigenvalue weighted by Crippen LogP contribution is -2.42. The van der Waals surface area contributed by atoms with E-state index >= 15 is 0 Å². The van der Waals surface area contributed by atoms with E-state index in [0.717, 1.165) is 28.1 Å². The monoisotopic (exact) mass is 529 g/mol. The summed E-state index contributed by atoms with van der Waals surface area (Å²) in [5.41, 5.74) is 5.93. The van der Waals surface area contributed by atoms with Crippen LogP contribution in [0.3, 0.4) is 0 Å². The molecule has 4 aromatic rings. The number of carboxylic acid groups (broad SMARTS) is 1. The van der Waals surface area contributed by atoms with Crippen molar-refractivity contribution in [3.63, 3.8) is 0 Å². The van der Waals surface area contributed by atoms with Crippen molar-refractivity contribution in [2.45, 2.75) is 44.7 Å². The van der Waals surface area contributed by atoms with Gasteiger partial charge in [0.2, 0.25) is 10.0 Å². The molecule has 0 saturated carbocycles. The molecule has 1 heterocycles. The van der Waals surface area contributed by atoms with Crippen LogP contribution in [0.1, 0.15) is 27.8 Å². The summed E-state index contributed by atoms with van der Waals surface area (Å²) in [4.78, 5) is 16.4. The third-order valence-electron chi connectivity index (χ3n) is 6.26. The number of aromatic nitrogens is 1. The molecule has 0 fully saturated rings. The molecule has 196 valence electrons. The van der Waals surface area contributed by atoms with Crippen LogP contribution in [0.2, 0.25) is 0 Å². The largest absolute Gasteiger partial charge is 0.480 e. The van der Waals surface area contributed by atoms with Gasteiger partial charge in [-0.15, -0.1) is 0 Å². The molecule has 38 heavy (non-hydrogen) atoms. The molecule has 0 aliphatic heterocycles. The average Bonchev–Trinajstić information content (AvgIpc) is 2.87. The maximum Gasteiger partial charge on any atom is 0.322 e. The van der Waals surface area contributed by atoms with Gasteiger partial charge in [0, 0.05) is 12.7 Å². The summed E-state index contributed by atoms with van der Waals surface area (Å²) in [5, 5.41) is 13.1. The van der Waals surface area contributed by atoms with Crippen molar-refractivity contribution in [1.29, 1.82) is 0 Å². The lowest BCUT2D eigenvalue weighted by atomic mass is 9.99. The Balaban J connectivity index is 1.47. The van der Waals surface area contributed by atoms with Crippen molar-refractivity contribution in [3.8, 4) is 11.1 Å². The number of aliphatic carboxylic acids is 1. The van der Waals surface area contributed by atoms with Gasteiger partial charge in [-0.05, 0) is 78.8 Å². The highest BCUT2D eigenvalue weighted by Gasteiger charge is 2.28. The van der Waals surface area contributed by atoms with Gasteiger partial charge < -0.3 is 10.4 Å². The Labute approximate surface area is 223 Å². The molecule has 1 unspecified atom stereocenters.